The smallest absolute Gasteiger partial charge is 0.261 e. The van der Waals surface area contributed by atoms with Crippen LogP contribution in [0.2, 0.25) is 5.02 Å². The predicted molar refractivity (Wildman–Crippen MR) is 103 cm³/mol. The normalized spacial score (nSPS) is 11.9. The Balaban J connectivity index is 1.98. The van der Waals surface area contributed by atoms with Gasteiger partial charge in [0.05, 0.1) is 0 Å². The molecule has 1 atom stereocenters. The summed E-state index contributed by atoms with van der Waals surface area (Å²) >= 11 is 6.02. The summed E-state index contributed by atoms with van der Waals surface area (Å²) in [6.07, 6.45) is 1.37. The molecule has 1 amide bonds. The maximum absolute atomic E-state index is 12.4. The van der Waals surface area contributed by atoms with E-state index in [2.05, 4.69) is 37.4 Å². The fourth-order valence-electron chi connectivity index (χ4n) is 2.68. The highest BCUT2D eigenvalue weighted by molar-refractivity contribution is 6.31. The first-order valence-corrected chi connectivity index (χ1v) is 9.13. The maximum Gasteiger partial charge on any atom is 0.261 e. The van der Waals surface area contributed by atoms with E-state index in [1.54, 1.807) is 19.1 Å². The SMILES string of the molecule is CCc1ccc(CC)c(CNC(=O)[C@H](C)Oc2ccc(Cl)c(C)c2)c1. The molecule has 0 heterocycles. The molecule has 0 spiro atoms. The van der Waals surface area contributed by atoms with Gasteiger partial charge in [0, 0.05) is 11.6 Å². The van der Waals surface area contributed by atoms with Crippen molar-refractivity contribution in [2.75, 3.05) is 0 Å². The average molecular weight is 360 g/mol. The highest BCUT2D eigenvalue weighted by atomic mass is 35.5. The van der Waals surface area contributed by atoms with Crippen molar-refractivity contribution in [3.8, 4) is 5.75 Å². The van der Waals surface area contributed by atoms with Crippen LogP contribution in [-0.4, -0.2) is 12.0 Å². The van der Waals surface area contributed by atoms with Gasteiger partial charge in [0.2, 0.25) is 0 Å². The molecule has 0 bridgehead atoms. The molecule has 134 valence electrons. The monoisotopic (exact) mass is 359 g/mol. The van der Waals surface area contributed by atoms with Crippen LogP contribution in [0.1, 0.15) is 43.0 Å². The topological polar surface area (TPSA) is 38.3 Å². The number of benzene rings is 2. The zero-order chi connectivity index (χ0) is 18.4. The molecule has 4 heteroatoms. The summed E-state index contributed by atoms with van der Waals surface area (Å²) in [5.74, 6) is 0.517. The van der Waals surface area contributed by atoms with Crippen molar-refractivity contribution in [2.24, 2.45) is 0 Å². The van der Waals surface area contributed by atoms with Gasteiger partial charge in [-0.15, -0.1) is 0 Å². The molecule has 0 saturated heterocycles. The molecule has 25 heavy (non-hydrogen) atoms. The van der Waals surface area contributed by atoms with E-state index in [9.17, 15) is 4.79 Å². The summed E-state index contributed by atoms with van der Waals surface area (Å²) in [6.45, 7) is 8.44. The molecule has 0 aromatic heterocycles. The van der Waals surface area contributed by atoms with Crippen molar-refractivity contribution < 1.29 is 9.53 Å². The Kier molecular flexibility index (Phi) is 6.89. The number of rotatable bonds is 7. The van der Waals surface area contributed by atoms with E-state index in [0.717, 1.165) is 18.4 Å². The Hall–Kier alpha value is -2.00. The van der Waals surface area contributed by atoms with Crippen molar-refractivity contribution in [1.82, 2.24) is 5.32 Å². The molecule has 0 aliphatic heterocycles. The predicted octanol–water partition coefficient (Wildman–Crippen LogP) is 4.86. The van der Waals surface area contributed by atoms with Crippen LogP contribution in [-0.2, 0) is 24.2 Å². The molecule has 2 aromatic carbocycles. The molecule has 3 nitrogen and oxygen atoms in total. The Morgan fingerprint density at radius 3 is 2.52 bits per heavy atom. The first-order valence-electron chi connectivity index (χ1n) is 8.75. The lowest BCUT2D eigenvalue weighted by Crippen LogP contribution is -2.36. The standard InChI is InChI=1S/C21H26ClNO2/c1-5-16-7-8-17(6-2)18(12-16)13-23-21(24)15(4)25-19-9-10-20(22)14(3)11-19/h7-12,15H,5-6,13H2,1-4H3,(H,23,24)/t15-/m0/s1. The van der Waals surface area contributed by atoms with Crippen LogP contribution < -0.4 is 10.1 Å². The van der Waals surface area contributed by atoms with E-state index in [1.165, 1.54) is 16.7 Å². The molecule has 0 saturated carbocycles. The third kappa shape index (κ3) is 5.23. The van der Waals surface area contributed by atoms with Gasteiger partial charge in [-0.05, 0) is 67.1 Å². The van der Waals surface area contributed by atoms with Gasteiger partial charge in [0.15, 0.2) is 6.10 Å². The lowest BCUT2D eigenvalue weighted by Gasteiger charge is -2.16. The fourth-order valence-corrected chi connectivity index (χ4v) is 2.80. The number of carbonyl (C=O) groups is 1. The van der Waals surface area contributed by atoms with Crippen LogP contribution in [0.15, 0.2) is 36.4 Å². The van der Waals surface area contributed by atoms with Gasteiger partial charge in [0.25, 0.3) is 5.91 Å². The molecular weight excluding hydrogens is 334 g/mol. The zero-order valence-corrected chi connectivity index (χ0v) is 16.1. The van der Waals surface area contributed by atoms with Gasteiger partial charge in [-0.2, -0.15) is 0 Å². The molecule has 0 unspecified atom stereocenters. The number of halogens is 1. The van der Waals surface area contributed by atoms with E-state index >= 15 is 0 Å². The highest BCUT2D eigenvalue weighted by Crippen LogP contribution is 2.22. The summed E-state index contributed by atoms with van der Waals surface area (Å²) in [5, 5.41) is 3.67. The molecule has 0 fully saturated rings. The van der Waals surface area contributed by atoms with Crippen LogP contribution >= 0.6 is 11.6 Å². The summed E-state index contributed by atoms with van der Waals surface area (Å²) < 4.78 is 5.73. The number of nitrogens with one attached hydrogen (secondary N) is 1. The zero-order valence-electron chi connectivity index (χ0n) is 15.4. The van der Waals surface area contributed by atoms with Gasteiger partial charge in [-0.1, -0.05) is 43.6 Å². The minimum atomic E-state index is -0.569. The Labute approximate surface area is 155 Å². The van der Waals surface area contributed by atoms with Gasteiger partial charge < -0.3 is 10.1 Å². The highest BCUT2D eigenvalue weighted by Gasteiger charge is 2.15. The van der Waals surface area contributed by atoms with Crippen molar-refractivity contribution >= 4 is 17.5 Å². The number of carbonyl (C=O) groups excluding carboxylic acids is 1. The third-order valence-corrected chi connectivity index (χ3v) is 4.75. The molecular formula is C21H26ClNO2. The van der Waals surface area contributed by atoms with Crippen LogP contribution in [0.25, 0.3) is 0 Å². The van der Waals surface area contributed by atoms with Crippen LogP contribution in [0.3, 0.4) is 0 Å². The van der Waals surface area contributed by atoms with Crippen molar-refractivity contribution in [2.45, 2.75) is 53.2 Å². The Morgan fingerprint density at radius 1 is 1.12 bits per heavy atom. The molecule has 2 aromatic rings. The average Bonchev–Trinajstić information content (AvgIpc) is 2.62. The van der Waals surface area contributed by atoms with E-state index in [1.807, 2.05) is 13.0 Å². The second-order valence-corrected chi connectivity index (χ2v) is 6.61. The Morgan fingerprint density at radius 2 is 1.88 bits per heavy atom. The summed E-state index contributed by atoms with van der Waals surface area (Å²) in [7, 11) is 0. The molecule has 1 N–H and O–H groups in total. The number of hydrogen-bond donors (Lipinski definition) is 1. The van der Waals surface area contributed by atoms with E-state index in [4.69, 9.17) is 16.3 Å². The Bertz CT molecular complexity index is 743. The number of ether oxygens (including phenoxy) is 1. The summed E-state index contributed by atoms with van der Waals surface area (Å²) in [6, 6.07) is 11.9. The van der Waals surface area contributed by atoms with Gasteiger partial charge in [0.1, 0.15) is 5.75 Å². The van der Waals surface area contributed by atoms with Crippen molar-refractivity contribution in [3.63, 3.8) is 0 Å². The minimum absolute atomic E-state index is 0.128. The maximum atomic E-state index is 12.4. The van der Waals surface area contributed by atoms with Gasteiger partial charge >= 0.3 is 0 Å². The molecule has 0 aliphatic rings. The second-order valence-electron chi connectivity index (χ2n) is 6.20. The van der Waals surface area contributed by atoms with E-state index in [0.29, 0.717) is 17.3 Å². The first kappa shape index (κ1) is 19.3. The molecule has 2 rings (SSSR count). The quantitative estimate of drug-likeness (QED) is 0.766. The number of amides is 1. The van der Waals surface area contributed by atoms with Crippen LogP contribution in [0, 0.1) is 6.92 Å². The summed E-state index contributed by atoms with van der Waals surface area (Å²) in [5.41, 5.74) is 4.64. The lowest BCUT2D eigenvalue weighted by molar-refractivity contribution is -0.127. The van der Waals surface area contributed by atoms with Crippen molar-refractivity contribution in [1.29, 1.82) is 0 Å². The van der Waals surface area contributed by atoms with Gasteiger partial charge in [-0.25, -0.2) is 0 Å². The van der Waals surface area contributed by atoms with Crippen LogP contribution in [0.4, 0.5) is 0 Å². The summed E-state index contributed by atoms with van der Waals surface area (Å²) in [4.78, 5) is 12.4. The van der Waals surface area contributed by atoms with Gasteiger partial charge in [-0.3, -0.25) is 4.79 Å². The number of hydrogen-bond acceptors (Lipinski definition) is 2. The van der Waals surface area contributed by atoms with Crippen molar-refractivity contribution in [3.05, 3.63) is 63.7 Å². The largest absolute Gasteiger partial charge is 0.481 e. The molecule has 0 aliphatic carbocycles. The third-order valence-electron chi connectivity index (χ3n) is 4.32. The first-order chi connectivity index (χ1) is 11.9. The number of aryl methyl sites for hydroxylation is 3. The van der Waals surface area contributed by atoms with E-state index < -0.39 is 6.10 Å². The second kappa shape index (κ2) is 8.91. The van der Waals surface area contributed by atoms with E-state index in [-0.39, 0.29) is 5.91 Å². The molecule has 0 radical (unpaired) electrons. The fraction of sp³-hybridized carbons (Fsp3) is 0.381. The lowest BCUT2D eigenvalue weighted by atomic mass is 10.0. The minimum Gasteiger partial charge on any atom is -0.481 e. The van der Waals surface area contributed by atoms with Crippen LogP contribution in [0.5, 0.6) is 5.75 Å².